The summed E-state index contributed by atoms with van der Waals surface area (Å²) in [7, 11) is 1.84. The van der Waals surface area contributed by atoms with E-state index in [9.17, 15) is 0 Å². The molecule has 0 aliphatic heterocycles. The Labute approximate surface area is 74.1 Å². The highest BCUT2D eigenvalue weighted by molar-refractivity contribution is 6.43. The van der Waals surface area contributed by atoms with Gasteiger partial charge in [-0.1, -0.05) is 13.5 Å². The Kier molecular flexibility index (Phi) is 3.20. The molecule has 0 saturated heterocycles. The van der Waals surface area contributed by atoms with Crippen LogP contribution in [0.5, 0.6) is 0 Å². The number of nitrogens with zero attached hydrogens (tertiary/aromatic N) is 2. The lowest BCUT2D eigenvalue weighted by Crippen LogP contribution is -2.26. The van der Waals surface area contributed by atoms with Gasteiger partial charge in [-0.05, 0) is 19.3 Å². The van der Waals surface area contributed by atoms with Crippen molar-refractivity contribution in [3.63, 3.8) is 0 Å². The topological polar surface area (TPSA) is 24.7 Å². The fourth-order valence-electron chi connectivity index (χ4n) is 1.65. The molecule has 66 valence electrons. The Hall–Kier alpha value is -0.920. The van der Waals surface area contributed by atoms with Crippen molar-refractivity contribution in [2.24, 2.45) is 15.9 Å². The minimum atomic E-state index is 0.551. The summed E-state index contributed by atoms with van der Waals surface area (Å²) in [6.45, 7) is 5.82. The third-order valence-corrected chi connectivity index (χ3v) is 2.31. The van der Waals surface area contributed by atoms with E-state index >= 15 is 0 Å². The van der Waals surface area contributed by atoms with Crippen molar-refractivity contribution in [1.82, 2.24) is 0 Å². The van der Waals surface area contributed by atoms with Gasteiger partial charge in [-0.2, -0.15) is 0 Å². The van der Waals surface area contributed by atoms with Crippen molar-refractivity contribution < 1.29 is 0 Å². The van der Waals surface area contributed by atoms with E-state index in [1.807, 2.05) is 7.05 Å². The van der Waals surface area contributed by atoms with E-state index in [2.05, 4.69) is 23.5 Å². The van der Waals surface area contributed by atoms with Gasteiger partial charge in [0.1, 0.15) is 0 Å². The maximum Gasteiger partial charge on any atom is 0.0641 e. The predicted octanol–water partition coefficient (Wildman–Crippen LogP) is 2.46. The zero-order valence-corrected chi connectivity index (χ0v) is 7.88. The molecule has 1 fully saturated rings. The maximum atomic E-state index is 4.27. The Morgan fingerprint density at radius 1 is 1.58 bits per heavy atom. The van der Waals surface area contributed by atoms with Crippen molar-refractivity contribution in [2.75, 3.05) is 7.05 Å². The van der Waals surface area contributed by atoms with Crippen LogP contribution in [-0.4, -0.2) is 18.5 Å². The second-order valence-corrected chi connectivity index (χ2v) is 3.16. The van der Waals surface area contributed by atoms with Crippen LogP contribution in [-0.2, 0) is 0 Å². The first-order chi connectivity index (χ1) is 5.79. The quantitative estimate of drug-likeness (QED) is 0.568. The molecule has 1 unspecified atom stereocenters. The summed E-state index contributed by atoms with van der Waals surface area (Å²) in [5, 5.41) is 0. The average Bonchev–Trinajstić information content (AvgIpc) is 2.09. The van der Waals surface area contributed by atoms with Crippen molar-refractivity contribution in [2.45, 2.75) is 26.2 Å². The molecule has 0 N–H and O–H groups in total. The lowest BCUT2D eigenvalue weighted by Gasteiger charge is -2.21. The highest BCUT2D eigenvalue weighted by Gasteiger charge is 2.20. The molecule has 1 saturated carbocycles. The van der Waals surface area contributed by atoms with Crippen molar-refractivity contribution >= 4 is 11.4 Å². The van der Waals surface area contributed by atoms with Crippen LogP contribution in [0, 0.1) is 5.92 Å². The number of rotatable bonds is 1. The molecule has 0 heterocycles. The molecule has 1 atom stereocenters. The zero-order chi connectivity index (χ0) is 8.97. The van der Waals surface area contributed by atoms with Gasteiger partial charge in [0, 0.05) is 19.2 Å². The van der Waals surface area contributed by atoms with E-state index in [-0.39, 0.29) is 0 Å². The summed E-state index contributed by atoms with van der Waals surface area (Å²) >= 11 is 0. The highest BCUT2D eigenvalue weighted by Crippen LogP contribution is 2.19. The molecule has 0 amide bonds. The van der Waals surface area contributed by atoms with Gasteiger partial charge in [-0.25, -0.2) is 0 Å². The first-order valence-corrected chi connectivity index (χ1v) is 4.44. The van der Waals surface area contributed by atoms with Gasteiger partial charge >= 0.3 is 0 Å². The van der Waals surface area contributed by atoms with Crippen LogP contribution >= 0.6 is 0 Å². The second-order valence-electron chi connectivity index (χ2n) is 3.16. The third kappa shape index (κ3) is 1.81. The lowest BCUT2D eigenvalue weighted by molar-refractivity contribution is 0.633. The van der Waals surface area contributed by atoms with E-state index in [1.54, 1.807) is 6.20 Å². The fraction of sp³-hybridized carbons (Fsp3) is 0.600. The van der Waals surface area contributed by atoms with E-state index in [0.29, 0.717) is 5.92 Å². The first kappa shape index (κ1) is 9.17. The van der Waals surface area contributed by atoms with E-state index in [0.717, 1.165) is 17.8 Å². The smallest absolute Gasteiger partial charge is 0.0641 e. The summed E-state index contributed by atoms with van der Waals surface area (Å²) in [6.07, 6.45) is 5.16. The monoisotopic (exact) mass is 164 g/mol. The Morgan fingerprint density at radius 2 is 2.33 bits per heavy atom. The molecular formula is C10H16N2. The van der Waals surface area contributed by atoms with Gasteiger partial charge < -0.3 is 0 Å². The zero-order valence-electron chi connectivity index (χ0n) is 7.88. The van der Waals surface area contributed by atoms with Crippen LogP contribution in [0.25, 0.3) is 0 Å². The molecule has 0 aromatic rings. The summed E-state index contributed by atoms with van der Waals surface area (Å²) < 4.78 is 0. The van der Waals surface area contributed by atoms with Crippen LogP contribution in [0.2, 0.25) is 0 Å². The molecule has 1 rings (SSSR count). The summed E-state index contributed by atoms with van der Waals surface area (Å²) in [4.78, 5) is 8.50. The molecule has 12 heavy (non-hydrogen) atoms. The maximum absolute atomic E-state index is 4.27. The number of aliphatic imine (C=N–C) groups is 2. The van der Waals surface area contributed by atoms with Crippen LogP contribution in [0.15, 0.2) is 22.8 Å². The first-order valence-electron chi connectivity index (χ1n) is 4.44. The van der Waals surface area contributed by atoms with Crippen LogP contribution in [0.1, 0.15) is 26.2 Å². The Bertz CT molecular complexity index is 226. The minimum Gasteiger partial charge on any atom is -0.291 e. The van der Waals surface area contributed by atoms with Crippen LogP contribution < -0.4 is 0 Å². The summed E-state index contributed by atoms with van der Waals surface area (Å²) in [6, 6.07) is 0. The molecule has 2 heteroatoms. The van der Waals surface area contributed by atoms with Gasteiger partial charge in [-0.3, -0.25) is 9.98 Å². The van der Waals surface area contributed by atoms with Gasteiger partial charge in [0.2, 0.25) is 0 Å². The highest BCUT2D eigenvalue weighted by atomic mass is 14.8. The third-order valence-electron chi connectivity index (χ3n) is 2.31. The van der Waals surface area contributed by atoms with Gasteiger partial charge in [0.15, 0.2) is 0 Å². The van der Waals surface area contributed by atoms with Crippen LogP contribution in [0.4, 0.5) is 0 Å². The Morgan fingerprint density at radius 3 is 2.92 bits per heavy atom. The van der Waals surface area contributed by atoms with Crippen molar-refractivity contribution in [1.29, 1.82) is 0 Å². The van der Waals surface area contributed by atoms with Crippen molar-refractivity contribution in [3.05, 3.63) is 12.8 Å². The van der Waals surface area contributed by atoms with E-state index in [1.165, 1.54) is 12.8 Å². The average molecular weight is 164 g/mol. The standard InChI is InChI=1S/C10H16N2/c1-4-12-10-8(2)6-5-7-9(10)11-3/h4,8H,1,5-7H2,2-3H3/b11-9-,12-10-. The van der Waals surface area contributed by atoms with Crippen molar-refractivity contribution in [3.8, 4) is 0 Å². The SMILES string of the molecule is C=C/N=C1\C(=N/C)CCCC1C. The molecule has 0 aromatic carbocycles. The molecule has 1 aliphatic rings. The Balaban J connectivity index is 2.87. The molecule has 0 bridgehead atoms. The lowest BCUT2D eigenvalue weighted by atomic mass is 9.87. The largest absolute Gasteiger partial charge is 0.291 e. The molecule has 0 radical (unpaired) electrons. The fourth-order valence-corrected chi connectivity index (χ4v) is 1.65. The predicted molar refractivity (Wildman–Crippen MR) is 54.0 cm³/mol. The van der Waals surface area contributed by atoms with Crippen LogP contribution in [0.3, 0.4) is 0 Å². The minimum absolute atomic E-state index is 0.551. The molecule has 2 nitrogen and oxygen atoms in total. The normalized spacial score (nSPS) is 31.0. The number of hydrogen-bond donors (Lipinski definition) is 0. The van der Waals surface area contributed by atoms with E-state index < -0.39 is 0 Å². The molecular weight excluding hydrogens is 148 g/mol. The molecule has 0 spiro atoms. The summed E-state index contributed by atoms with van der Waals surface area (Å²) in [5.74, 6) is 0.551. The van der Waals surface area contributed by atoms with E-state index in [4.69, 9.17) is 0 Å². The summed E-state index contributed by atoms with van der Waals surface area (Å²) in [5.41, 5.74) is 2.30. The second kappa shape index (κ2) is 4.19. The van der Waals surface area contributed by atoms with Gasteiger partial charge in [-0.15, -0.1) is 0 Å². The molecule has 0 aromatic heterocycles. The van der Waals surface area contributed by atoms with Gasteiger partial charge in [0.05, 0.1) is 11.4 Å². The van der Waals surface area contributed by atoms with Gasteiger partial charge in [0.25, 0.3) is 0 Å². The number of hydrogen-bond acceptors (Lipinski definition) is 2. The molecule has 1 aliphatic carbocycles.